The Balaban J connectivity index is 2.37. The number of phenolic OH excluding ortho intramolecular Hbond substituents is 1. The summed E-state index contributed by atoms with van der Waals surface area (Å²) < 4.78 is 27.3. The predicted octanol–water partition coefficient (Wildman–Crippen LogP) is 9.31. The molecule has 4 nitrogen and oxygen atoms in total. The van der Waals surface area contributed by atoms with Crippen LogP contribution in [0.25, 0.3) is 0 Å². The number of benzene rings is 4. The van der Waals surface area contributed by atoms with Gasteiger partial charge in [-0.1, -0.05) is 0 Å². The molecule has 1 atom stereocenters. The summed E-state index contributed by atoms with van der Waals surface area (Å²) in [6, 6.07) is 34.7. The van der Waals surface area contributed by atoms with Crippen molar-refractivity contribution in [3.8, 4) is 5.75 Å². The maximum atomic E-state index is 15.3. The first-order valence-corrected chi connectivity index (χ1v) is 20.1. The van der Waals surface area contributed by atoms with E-state index in [2.05, 4.69) is 93.4 Å². The Morgan fingerprint density at radius 1 is 0.667 bits per heavy atom. The van der Waals surface area contributed by atoms with Crippen LogP contribution in [0, 0.1) is 0 Å². The molecule has 1 unspecified atom stereocenters. The third-order valence-electron chi connectivity index (χ3n) is 8.10. The summed E-state index contributed by atoms with van der Waals surface area (Å²) in [5, 5.41) is 9.85. The van der Waals surface area contributed by atoms with Crippen LogP contribution in [0.1, 0.15) is 63.6 Å². The van der Waals surface area contributed by atoms with Gasteiger partial charge in [0.25, 0.3) is 0 Å². The molecule has 0 aliphatic carbocycles. The van der Waals surface area contributed by atoms with E-state index in [-0.39, 0.29) is 5.75 Å². The molecule has 0 aliphatic rings. The molecule has 0 aliphatic heterocycles. The van der Waals surface area contributed by atoms with E-state index >= 15 is 4.57 Å². The van der Waals surface area contributed by atoms with Crippen molar-refractivity contribution in [3.05, 3.63) is 120 Å². The SMILES string of the molecule is COP(=O)(OC)C(c1cc(C(C)(C)C)c(O)c(C(C)(C)C)c1)P(Br)(c1ccccc1)(c1ccccc1)c1ccccc1. The van der Waals surface area contributed by atoms with E-state index in [4.69, 9.17) is 9.05 Å². The molecule has 7 heteroatoms. The number of aromatic hydroxyl groups is 1. The van der Waals surface area contributed by atoms with Crippen molar-refractivity contribution < 1.29 is 18.7 Å². The van der Waals surface area contributed by atoms with Crippen LogP contribution in [0.3, 0.4) is 0 Å². The second-order valence-electron chi connectivity index (χ2n) is 12.8. The molecular weight excluding hydrogens is 626 g/mol. The standard InChI is InChI=1S/C35H43BrO4P2/c1-34(2,3)30-24-26(25-31(32(30)37)35(4,5)6)33(41(38,39-7)40-8)42(36,27-18-12-9-13-19-27,28-20-14-10-15-21-28)29-22-16-11-17-23-29/h9-25,33,37H,1-8H3. The summed E-state index contributed by atoms with van der Waals surface area (Å²) in [6.45, 7) is 12.5. The summed E-state index contributed by atoms with van der Waals surface area (Å²) in [4.78, 5) is 0. The first-order chi connectivity index (χ1) is 19.6. The van der Waals surface area contributed by atoms with E-state index in [1.807, 2.05) is 66.7 Å². The molecule has 4 aromatic carbocycles. The van der Waals surface area contributed by atoms with Crippen LogP contribution in [-0.2, 0) is 24.4 Å². The van der Waals surface area contributed by atoms with Crippen LogP contribution in [-0.4, -0.2) is 19.3 Å². The molecule has 0 saturated heterocycles. The van der Waals surface area contributed by atoms with Gasteiger partial charge in [-0.05, 0) is 0 Å². The topological polar surface area (TPSA) is 55.8 Å². The Bertz CT molecular complexity index is 1430. The van der Waals surface area contributed by atoms with Gasteiger partial charge in [0.05, 0.1) is 0 Å². The van der Waals surface area contributed by atoms with Crippen LogP contribution in [0.2, 0.25) is 0 Å². The summed E-state index contributed by atoms with van der Waals surface area (Å²) in [5.41, 5.74) is 1.54. The van der Waals surface area contributed by atoms with Gasteiger partial charge in [-0.2, -0.15) is 0 Å². The number of hydrogen-bond acceptors (Lipinski definition) is 4. The van der Waals surface area contributed by atoms with Gasteiger partial charge in [0.15, 0.2) is 0 Å². The second-order valence-corrected chi connectivity index (χ2v) is 24.2. The van der Waals surface area contributed by atoms with Gasteiger partial charge < -0.3 is 0 Å². The number of halogens is 1. The molecule has 224 valence electrons. The summed E-state index contributed by atoms with van der Waals surface area (Å²) in [5.74, 6) is 0.260. The Kier molecular flexibility index (Phi) is 9.08. The fourth-order valence-electron chi connectivity index (χ4n) is 5.98. The zero-order chi connectivity index (χ0) is 31.0. The van der Waals surface area contributed by atoms with Gasteiger partial charge in [-0.25, -0.2) is 0 Å². The molecule has 0 amide bonds. The zero-order valence-electron chi connectivity index (χ0n) is 25.8. The Labute approximate surface area is 259 Å². The molecule has 0 fully saturated rings. The van der Waals surface area contributed by atoms with E-state index in [9.17, 15) is 5.11 Å². The molecule has 0 aromatic heterocycles. The molecule has 4 aromatic rings. The minimum absolute atomic E-state index is 0.260. The Morgan fingerprint density at radius 2 is 0.976 bits per heavy atom. The average Bonchev–Trinajstić information content (AvgIpc) is 2.98. The molecule has 4 rings (SSSR count). The normalized spacial score (nSPS) is 14.6. The molecule has 42 heavy (non-hydrogen) atoms. The van der Waals surface area contributed by atoms with Gasteiger partial charge in [0.1, 0.15) is 0 Å². The van der Waals surface area contributed by atoms with Crippen LogP contribution in [0.5, 0.6) is 5.75 Å². The second kappa shape index (κ2) is 11.7. The Morgan fingerprint density at radius 3 is 1.24 bits per heavy atom. The van der Waals surface area contributed by atoms with E-state index in [1.54, 1.807) is 0 Å². The van der Waals surface area contributed by atoms with Crippen LogP contribution < -0.4 is 15.9 Å². The van der Waals surface area contributed by atoms with Crippen LogP contribution in [0.15, 0.2) is 103 Å². The molecule has 0 heterocycles. The zero-order valence-corrected chi connectivity index (χ0v) is 29.2. The van der Waals surface area contributed by atoms with Crippen molar-refractivity contribution in [2.24, 2.45) is 0 Å². The molecule has 0 bridgehead atoms. The number of rotatable bonds is 8. The van der Waals surface area contributed by atoms with Gasteiger partial charge in [0.2, 0.25) is 0 Å². The first kappa shape index (κ1) is 32.6. The fraction of sp³-hybridized carbons (Fsp3) is 0.314. The first-order valence-electron chi connectivity index (χ1n) is 14.1. The van der Waals surface area contributed by atoms with Crippen molar-refractivity contribution in [2.45, 2.75) is 57.8 Å². The van der Waals surface area contributed by atoms with Gasteiger partial charge in [-0.3, -0.25) is 0 Å². The van der Waals surface area contributed by atoms with E-state index < -0.39 is 29.1 Å². The summed E-state index contributed by atoms with van der Waals surface area (Å²) >= 11 is 4.54. The van der Waals surface area contributed by atoms with Crippen molar-refractivity contribution in [1.29, 1.82) is 0 Å². The van der Waals surface area contributed by atoms with Crippen molar-refractivity contribution in [2.75, 3.05) is 14.2 Å². The number of hydrogen-bond donors (Lipinski definition) is 1. The van der Waals surface area contributed by atoms with Gasteiger partial charge in [0, 0.05) is 0 Å². The van der Waals surface area contributed by atoms with Crippen molar-refractivity contribution in [1.82, 2.24) is 0 Å². The van der Waals surface area contributed by atoms with Crippen molar-refractivity contribution >= 4 is 44.3 Å². The van der Waals surface area contributed by atoms with Gasteiger partial charge >= 0.3 is 261 Å². The predicted molar refractivity (Wildman–Crippen MR) is 184 cm³/mol. The molecule has 0 saturated carbocycles. The number of phenols is 1. The van der Waals surface area contributed by atoms with E-state index in [0.29, 0.717) is 0 Å². The van der Waals surface area contributed by atoms with E-state index in [0.717, 1.165) is 32.6 Å². The average molecular weight is 670 g/mol. The van der Waals surface area contributed by atoms with E-state index in [1.165, 1.54) is 14.2 Å². The van der Waals surface area contributed by atoms with Gasteiger partial charge in [-0.15, -0.1) is 0 Å². The third-order valence-corrected chi connectivity index (χ3v) is 23.3. The molecule has 1 N–H and O–H groups in total. The molecule has 0 spiro atoms. The van der Waals surface area contributed by atoms with Crippen LogP contribution >= 0.6 is 28.4 Å². The Hall–Kier alpha value is -2.26. The fourth-order valence-corrected chi connectivity index (χ4v) is 20.5. The summed E-state index contributed by atoms with van der Waals surface area (Å²) in [7, 11) is -1.01. The maximum absolute atomic E-state index is 15.3. The summed E-state index contributed by atoms with van der Waals surface area (Å²) in [6.07, 6.45) is 0. The third kappa shape index (κ3) is 5.33. The monoisotopic (exact) mass is 668 g/mol. The molecular formula is C35H43BrO4P2. The quantitative estimate of drug-likeness (QED) is 0.190. The van der Waals surface area contributed by atoms with Crippen LogP contribution in [0.4, 0.5) is 0 Å². The molecule has 0 radical (unpaired) electrons. The minimum atomic E-state index is -3.98. The van der Waals surface area contributed by atoms with Crippen molar-refractivity contribution in [3.63, 3.8) is 0 Å².